The Bertz CT molecular complexity index is 589. The third-order valence-corrected chi connectivity index (χ3v) is 2.58. The topological polar surface area (TPSA) is 21.3 Å². The van der Waals surface area contributed by atoms with Crippen LogP contribution >= 0.6 is 0 Å². The second-order valence-corrected chi connectivity index (χ2v) is 3.96. The van der Waals surface area contributed by atoms with Crippen molar-refractivity contribution < 1.29 is 22.3 Å². The highest BCUT2D eigenvalue weighted by Crippen LogP contribution is 2.26. The lowest BCUT2D eigenvalue weighted by molar-refractivity contribution is -0.0493. The zero-order chi connectivity index (χ0) is 14.5. The first-order chi connectivity index (χ1) is 9.56. The van der Waals surface area contributed by atoms with E-state index in [9.17, 15) is 17.6 Å². The highest BCUT2D eigenvalue weighted by Gasteiger charge is 2.10. The Kier molecular flexibility index (Phi) is 4.45. The number of alkyl halides is 2. The number of ether oxygens (including phenoxy) is 1. The van der Waals surface area contributed by atoms with Crippen molar-refractivity contribution in [2.45, 2.75) is 13.2 Å². The van der Waals surface area contributed by atoms with Gasteiger partial charge in [-0.05, 0) is 30.3 Å². The monoisotopic (exact) mass is 285 g/mol. The van der Waals surface area contributed by atoms with E-state index >= 15 is 0 Å². The molecule has 0 aliphatic heterocycles. The van der Waals surface area contributed by atoms with E-state index in [4.69, 9.17) is 0 Å². The van der Waals surface area contributed by atoms with Crippen molar-refractivity contribution in [3.8, 4) is 5.75 Å². The Morgan fingerprint density at radius 3 is 2.55 bits per heavy atom. The van der Waals surface area contributed by atoms with Gasteiger partial charge in [-0.2, -0.15) is 8.78 Å². The van der Waals surface area contributed by atoms with Gasteiger partial charge in [0.1, 0.15) is 17.4 Å². The number of halogens is 4. The molecule has 2 aromatic carbocycles. The van der Waals surface area contributed by atoms with Gasteiger partial charge in [0.2, 0.25) is 0 Å². The van der Waals surface area contributed by atoms with Crippen LogP contribution in [0.4, 0.5) is 23.2 Å². The van der Waals surface area contributed by atoms with Crippen LogP contribution in [0.5, 0.6) is 5.75 Å². The van der Waals surface area contributed by atoms with Crippen LogP contribution in [-0.4, -0.2) is 6.61 Å². The van der Waals surface area contributed by atoms with E-state index in [0.717, 1.165) is 18.2 Å². The molecule has 2 rings (SSSR count). The normalized spacial score (nSPS) is 10.7. The smallest absolute Gasteiger partial charge is 0.387 e. The fourth-order valence-corrected chi connectivity index (χ4v) is 1.68. The minimum atomic E-state index is -2.95. The quantitative estimate of drug-likeness (QED) is 0.832. The van der Waals surface area contributed by atoms with Crippen LogP contribution < -0.4 is 10.1 Å². The molecule has 0 saturated heterocycles. The summed E-state index contributed by atoms with van der Waals surface area (Å²) in [5.41, 5.74) is 0.369. The van der Waals surface area contributed by atoms with Crippen LogP contribution in [0.25, 0.3) is 0 Å². The predicted octanol–water partition coefficient (Wildman–Crippen LogP) is 4.18. The fourth-order valence-electron chi connectivity index (χ4n) is 1.68. The van der Waals surface area contributed by atoms with Crippen molar-refractivity contribution in [3.63, 3.8) is 0 Å². The second-order valence-electron chi connectivity index (χ2n) is 3.96. The van der Waals surface area contributed by atoms with E-state index in [1.165, 1.54) is 18.2 Å². The molecule has 0 unspecified atom stereocenters. The summed E-state index contributed by atoms with van der Waals surface area (Å²) in [4.78, 5) is 0. The van der Waals surface area contributed by atoms with Gasteiger partial charge in [-0.15, -0.1) is 0 Å². The van der Waals surface area contributed by atoms with Gasteiger partial charge >= 0.3 is 6.61 Å². The van der Waals surface area contributed by atoms with Gasteiger partial charge in [0.05, 0.1) is 5.69 Å². The third-order valence-electron chi connectivity index (χ3n) is 2.58. The van der Waals surface area contributed by atoms with Crippen LogP contribution in [0.2, 0.25) is 0 Å². The van der Waals surface area contributed by atoms with Gasteiger partial charge in [-0.3, -0.25) is 0 Å². The van der Waals surface area contributed by atoms with Crippen LogP contribution in [0.1, 0.15) is 5.56 Å². The minimum Gasteiger partial charge on any atom is -0.433 e. The summed E-state index contributed by atoms with van der Waals surface area (Å²) in [6.07, 6.45) is 0. The van der Waals surface area contributed by atoms with E-state index in [1.807, 2.05) is 0 Å². The Morgan fingerprint density at radius 2 is 1.80 bits per heavy atom. The molecule has 0 aliphatic rings. The lowest BCUT2D eigenvalue weighted by Crippen LogP contribution is -2.07. The number of hydrogen-bond donors (Lipinski definition) is 1. The molecule has 2 nitrogen and oxygen atoms in total. The number of rotatable bonds is 5. The van der Waals surface area contributed by atoms with Crippen molar-refractivity contribution in [2.75, 3.05) is 5.32 Å². The van der Waals surface area contributed by atoms with E-state index in [-0.39, 0.29) is 23.5 Å². The molecular weight excluding hydrogens is 274 g/mol. The maximum absolute atomic E-state index is 13.4. The van der Waals surface area contributed by atoms with Crippen molar-refractivity contribution in [3.05, 3.63) is 59.7 Å². The molecule has 1 N–H and O–H groups in total. The molecule has 0 aromatic heterocycles. The Balaban J connectivity index is 2.12. The van der Waals surface area contributed by atoms with Crippen molar-refractivity contribution >= 4 is 5.69 Å². The van der Waals surface area contributed by atoms with E-state index in [0.29, 0.717) is 0 Å². The zero-order valence-electron chi connectivity index (χ0n) is 10.2. The second kappa shape index (κ2) is 6.27. The number of nitrogens with one attached hydrogen (secondary N) is 1. The number of hydrogen-bond acceptors (Lipinski definition) is 2. The number of benzene rings is 2. The molecule has 0 aliphatic carbocycles. The van der Waals surface area contributed by atoms with E-state index < -0.39 is 18.2 Å². The summed E-state index contributed by atoms with van der Waals surface area (Å²) in [6, 6.07) is 9.07. The van der Waals surface area contributed by atoms with Crippen molar-refractivity contribution in [2.24, 2.45) is 0 Å². The third kappa shape index (κ3) is 3.63. The molecule has 20 heavy (non-hydrogen) atoms. The minimum absolute atomic E-state index is 0.0484. The highest BCUT2D eigenvalue weighted by atomic mass is 19.3. The maximum Gasteiger partial charge on any atom is 0.387 e. The lowest BCUT2D eigenvalue weighted by Gasteiger charge is -2.12. The summed E-state index contributed by atoms with van der Waals surface area (Å²) in [6.45, 7) is -3.00. The Labute approximate surface area is 113 Å². The standard InChI is InChI=1S/C14H11F4NO/c15-10-5-6-11(16)9(7-10)8-19-12-3-1-2-4-13(12)20-14(17)18/h1-7,14,19H,8H2. The summed E-state index contributed by atoms with van der Waals surface area (Å²) >= 11 is 0. The number of anilines is 1. The predicted molar refractivity (Wildman–Crippen MR) is 66.8 cm³/mol. The molecule has 0 spiro atoms. The average molecular weight is 285 g/mol. The Morgan fingerprint density at radius 1 is 1.05 bits per heavy atom. The average Bonchev–Trinajstić information content (AvgIpc) is 2.41. The summed E-state index contributed by atoms with van der Waals surface area (Å²) in [7, 11) is 0. The van der Waals surface area contributed by atoms with Gasteiger partial charge in [0, 0.05) is 12.1 Å². The molecule has 0 fully saturated rings. The zero-order valence-corrected chi connectivity index (χ0v) is 10.2. The summed E-state index contributed by atoms with van der Waals surface area (Å²) < 4.78 is 55.2. The van der Waals surface area contributed by atoms with Gasteiger partial charge in [0.15, 0.2) is 0 Å². The van der Waals surface area contributed by atoms with Crippen LogP contribution in [0, 0.1) is 11.6 Å². The largest absolute Gasteiger partial charge is 0.433 e. The van der Waals surface area contributed by atoms with E-state index in [1.54, 1.807) is 6.07 Å². The van der Waals surface area contributed by atoms with Gasteiger partial charge < -0.3 is 10.1 Å². The molecule has 0 amide bonds. The van der Waals surface area contributed by atoms with Crippen molar-refractivity contribution in [1.82, 2.24) is 0 Å². The SMILES string of the molecule is Fc1ccc(F)c(CNc2ccccc2OC(F)F)c1. The number of para-hydroxylation sites is 2. The lowest BCUT2D eigenvalue weighted by atomic mass is 10.2. The first kappa shape index (κ1) is 14.2. The molecule has 106 valence electrons. The molecule has 2 aromatic rings. The maximum atomic E-state index is 13.4. The fraction of sp³-hybridized carbons (Fsp3) is 0.143. The van der Waals surface area contributed by atoms with Crippen LogP contribution in [0.3, 0.4) is 0 Å². The molecule has 0 saturated carbocycles. The first-order valence-electron chi connectivity index (χ1n) is 5.78. The van der Waals surface area contributed by atoms with Crippen molar-refractivity contribution in [1.29, 1.82) is 0 Å². The summed E-state index contributed by atoms with van der Waals surface area (Å²) in [5.74, 6) is -1.20. The van der Waals surface area contributed by atoms with Gasteiger partial charge in [0.25, 0.3) is 0 Å². The molecule has 0 atom stereocenters. The van der Waals surface area contributed by atoms with Gasteiger partial charge in [-0.25, -0.2) is 8.78 Å². The molecule has 0 heterocycles. The molecular formula is C14H11F4NO. The van der Waals surface area contributed by atoms with Gasteiger partial charge in [-0.1, -0.05) is 12.1 Å². The Hall–Kier alpha value is -2.24. The molecule has 0 bridgehead atoms. The van der Waals surface area contributed by atoms with Crippen LogP contribution in [0.15, 0.2) is 42.5 Å². The molecule has 6 heteroatoms. The first-order valence-corrected chi connectivity index (χ1v) is 5.78. The summed E-state index contributed by atoms with van der Waals surface area (Å²) in [5, 5.41) is 2.74. The van der Waals surface area contributed by atoms with E-state index in [2.05, 4.69) is 10.1 Å². The molecule has 0 radical (unpaired) electrons. The van der Waals surface area contributed by atoms with Crippen LogP contribution in [-0.2, 0) is 6.54 Å². The highest BCUT2D eigenvalue weighted by molar-refractivity contribution is 5.56.